The van der Waals surface area contributed by atoms with Crippen molar-refractivity contribution in [1.29, 1.82) is 0 Å². The van der Waals surface area contributed by atoms with E-state index in [-0.39, 0.29) is 6.04 Å². The second-order valence-electron chi connectivity index (χ2n) is 4.79. The maximum atomic E-state index is 5.48. The molecule has 1 atom stereocenters. The molecule has 2 rings (SSSR count). The third kappa shape index (κ3) is 2.88. The third-order valence-electron chi connectivity index (χ3n) is 3.08. The summed E-state index contributed by atoms with van der Waals surface area (Å²) in [6.07, 6.45) is 0. The molecule has 0 aliphatic carbocycles. The van der Waals surface area contributed by atoms with Crippen molar-refractivity contribution >= 4 is 23.0 Å². The minimum Gasteiger partial charge on any atom is -0.362 e. The molecule has 6 nitrogen and oxygen atoms in total. The predicted molar refractivity (Wildman–Crippen MR) is 82.9 cm³/mol. The van der Waals surface area contributed by atoms with Gasteiger partial charge in [-0.1, -0.05) is 0 Å². The topological polar surface area (TPSA) is 88.8 Å². The van der Waals surface area contributed by atoms with Crippen LogP contribution < -0.4 is 16.6 Å². The quantitative estimate of drug-likeness (QED) is 0.593. The Hall–Kier alpha value is -1.73. The van der Waals surface area contributed by atoms with Crippen LogP contribution in [0.4, 0.5) is 11.6 Å². The van der Waals surface area contributed by atoms with E-state index in [1.165, 1.54) is 4.88 Å². The summed E-state index contributed by atoms with van der Waals surface area (Å²) in [6, 6.07) is 0.139. The second kappa shape index (κ2) is 5.72. The molecule has 0 amide bonds. The van der Waals surface area contributed by atoms with Crippen LogP contribution in [0.25, 0.3) is 0 Å². The lowest BCUT2D eigenvalue weighted by molar-refractivity contribution is 0.867. The smallest absolute Gasteiger partial charge is 0.148 e. The molecule has 0 saturated heterocycles. The van der Waals surface area contributed by atoms with Crippen molar-refractivity contribution < 1.29 is 0 Å². The van der Waals surface area contributed by atoms with E-state index >= 15 is 0 Å². The summed E-state index contributed by atoms with van der Waals surface area (Å²) in [5.41, 5.74) is 4.57. The standard InChI is InChI=1S/C13H20N6S/c1-6-12(17-9(4)18-13(6)19-14)16-8(3)11-7(2)15-10(5)20-11/h8H,14H2,1-5H3,(H2,16,17,18,19). The van der Waals surface area contributed by atoms with E-state index < -0.39 is 0 Å². The zero-order valence-electron chi connectivity index (χ0n) is 12.4. The van der Waals surface area contributed by atoms with E-state index in [4.69, 9.17) is 5.84 Å². The van der Waals surface area contributed by atoms with Gasteiger partial charge in [0.05, 0.1) is 16.7 Å². The Morgan fingerprint density at radius 1 is 1.05 bits per heavy atom. The first-order chi connectivity index (χ1) is 9.42. The SMILES string of the molecule is Cc1nc(NN)c(C)c(NC(C)c2sc(C)nc2C)n1. The maximum Gasteiger partial charge on any atom is 0.148 e. The highest BCUT2D eigenvalue weighted by Gasteiger charge is 2.16. The van der Waals surface area contributed by atoms with Gasteiger partial charge in [0.25, 0.3) is 0 Å². The van der Waals surface area contributed by atoms with Crippen molar-refractivity contribution in [2.45, 2.75) is 40.7 Å². The Morgan fingerprint density at radius 2 is 1.70 bits per heavy atom. The Balaban J connectivity index is 2.30. The molecule has 0 aliphatic rings. The summed E-state index contributed by atoms with van der Waals surface area (Å²) in [4.78, 5) is 14.4. The first kappa shape index (κ1) is 14.7. The lowest BCUT2D eigenvalue weighted by atomic mass is 10.2. The minimum atomic E-state index is 0.139. The second-order valence-corrected chi connectivity index (χ2v) is 6.02. The van der Waals surface area contributed by atoms with Crippen LogP contribution in [0.5, 0.6) is 0 Å². The molecule has 0 bridgehead atoms. The molecule has 0 spiro atoms. The average molecular weight is 292 g/mol. The molecule has 0 aliphatic heterocycles. The minimum absolute atomic E-state index is 0.139. The van der Waals surface area contributed by atoms with E-state index in [1.807, 2.05) is 27.7 Å². The summed E-state index contributed by atoms with van der Waals surface area (Å²) in [6.45, 7) is 9.94. The molecule has 20 heavy (non-hydrogen) atoms. The maximum absolute atomic E-state index is 5.48. The average Bonchev–Trinajstić information content (AvgIpc) is 2.72. The molecule has 0 fully saturated rings. The van der Waals surface area contributed by atoms with Gasteiger partial charge in [-0.2, -0.15) is 0 Å². The largest absolute Gasteiger partial charge is 0.362 e. The van der Waals surface area contributed by atoms with Crippen LogP contribution in [-0.4, -0.2) is 15.0 Å². The normalized spacial score (nSPS) is 12.3. The number of anilines is 2. The van der Waals surface area contributed by atoms with Crippen molar-refractivity contribution in [3.8, 4) is 0 Å². The molecule has 2 aromatic heterocycles. The van der Waals surface area contributed by atoms with E-state index in [0.717, 1.165) is 22.1 Å². The van der Waals surface area contributed by atoms with Gasteiger partial charge in [0.1, 0.15) is 17.5 Å². The van der Waals surface area contributed by atoms with Gasteiger partial charge in [-0.3, -0.25) is 0 Å². The van der Waals surface area contributed by atoms with E-state index in [1.54, 1.807) is 11.3 Å². The number of nitrogens with two attached hydrogens (primary N) is 1. The summed E-state index contributed by atoms with van der Waals surface area (Å²) in [5.74, 6) is 7.60. The summed E-state index contributed by atoms with van der Waals surface area (Å²) in [7, 11) is 0. The van der Waals surface area contributed by atoms with E-state index in [0.29, 0.717) is 11.6 Å². The Kier molecular flexibility index (Phi) is 4.20. The highest BCUT2D eigenvalue weighted by Crippen LogP contribution is 2.29. The molecule has 2 heterocycles. The highest BCUT2D eigenvalue weighted by atomic mass is 32.1. The molecule has 7 heteroatoms. The fourth-order valence-electron chi connectivity index (χ4n) is 2.13. The monoisotopic (exact) mass is 292 g/mol. The molecule has 0 radical (unpaired) electrons. The Bertz CT molecular complexity index is 622. The molecular formula is C13H20N6S. The molecule has 4 N–H and O–H groups in total. The molecule has 0 aromatic carbocycles. The van der Waals surface area contributed by atoms with Crippen LogP contribution in [0.1, 0.15) is 39.9 Å². The first-order valence-electron chi connectivity index (χ1n) is 6.44. The van der Waals surface area contributed by atoms with Crippen LogP contribution in [0.15, 0.2) is 0 Å². The number of nitrogen functional groups attached to an aromatic ring is 1. The molecular weight excluding hydrogens is 272 g/mol. The number of aryl methyl sites for hydroxylation is 3. The van der Waals surface area contributed by atoms with Gasteiger partial charge in [0, 0.05) is 10.4 Å². The lowest BCUT2D eigenvalue weighted by Crippen LogP contribution is -2.15. The number of hydrogen-bond acceptors (Lipinski definition) is 7. The van der Waals surface area contributed by atoms with Gasteiger partial charge in [0.2, 0.25) is 0 Å². The molecule has 1 unspecified atom stereocenters. The zero-order chi connectivity index (χ0) is 14.9. The van der Waals surface area contributed by atoms with Crippen molar-refractivity contribution in [3.63, 3.8) is 0 Å². The van der Waals surface area contributed by atoms with Crippen LogP contribution in [0.2, 0.25) is 0 Å². The Labute approximate surface area is 122 Å². The lowest BCUT2D eigenvalue weighted by Gasteiger charge is -2.17. The van der Waals surface area contributed by atoms with Crippen LogP contribution in [-0.2, 0) is 0 Å². The summed E-state index contributed by atoms with van der Waals surface area (Å²) < 4.78 is 0. The van der Waals surface area contributed by atoms with Gasteiger partial charge in [-0.25, -0.2) is 20.8 Å². The molecule has 108 valence electrons. The number of hydrogen-bond donors (Lipinski definition) is 3. The van der Waals surface area contributed by atoms with E-state index in [9.17, 15) is 0 Å². The zero-order valence-corrected chi connectivity index (χ0v) is 13.2. The number of aromatic nitrogens is 3. The van der Waals surface area contributed by atoms with Crippen molar-refractivity contribution in [3.05, 3.63) is 27.0 Å². The van der Waals surface area contributed by atoms with E-state index in [2.05, 4.69) is 32.6 Å². The van der Waals surface area contributed by atoms with Crippen molar-refractivity contribution in [1.82, 2.24) is 15.0 Å². The van der Waals surface area contributed by atoms with Gasteiger partial charge >= 0.3 is 0 Å². The molecule has 2 aromatic rings. The van der Waals surface area contributed by atoms with Crippen molar-refractivity contribution in [2.24, 2.45) is 5.84 Å². The van der Waals surface area contributed by atoms with Gasteiger partial charge in [0.15, 0.2) is 0 Å². The third-order valence-corrected chi connectivity index (χ3v) is 4.34. The van der Waals surface area contributed by atoms with Gasteiger partial charge in [-0.15, -0.1) is 11.3 Å². The fraction of sp³-hybridized carbons (Fsp3) is 0.462. The van der Waals surface area contributed by atoms with Crippen LogP contribution in [0, 0.1) is 27.7 Å². The summed E-state index contributed by atoms with van der Waals surface area (Å²) >= 11 is 1.70. The fourth-order valence-corrected chi connectivity index (χ4v) is 3.06. The van der Waals surface area contributed by atoms with Crippen molar-refractivity contribution in [2.75, 3.05) is 10.7 Å². The van der Waals surface area contributed by atoms with Gasteiger partial charge in [-0.05, 0) is 34.6 Å². The number of thiazole rings is 1. The first-order valence-corrected chi connectivity index (χ1v) is 7.26. The highest BCUT2D eigenvalue weighted by molar-refractivity contribution is 7.11. The van der Waals surface area contributed by atoms with Gasteiger partial charge < -0.3 is 10.7 Å². The number of nitrogens with one attached hydrogen (secondary N) is 2. The number of hydrazine groups is 1. The predicted octanol–water partition coefficient (Wildman–Crippen LogP) is 2.63. The number of rotatable bonds is 4. The van der Waals surface area contributed by atoms with Crippen LogP contribution in [0.3, 0.4) is 0 Å². The number of nitrogens with zero attached hydrogens (tertiary/aromatic N) is 3. The summed E-state index contributed by atoms with van der Waals surface area (Å²) in [5, 5.41) is 4.49. The Morgan fingerprint density at radius 3 is 2.25 bits per heavy atom. The van der Waals surface area contributed by atoms with Crippen LogP contribution >= 0.6 is 11.3 Å². The molecule has 0 saturated carbocycles.